The van der Waals surface area contributed by atoms with Crippen LogP contribution in [0, 0.1) is 0 Å². The third-order valence-electron chi connectivity index (χ3n) is 3.64. The van der Waals surface area contributed by atoms with Gasteiger partial charge in [0.2, 0.25) is 0 Å². The van der Waals surface area contributed by atoms with Crippen molar-refractivity contribution in [2.75, 3.05) is 24.6 Å². The van der Waals surface area contributed by atoms with Crippen molar-refractivity contribution in [3.05, 3.63) is 59.7 Å². The molecule has 1 heterocycles. The van der Waals surface area contributed by atoms with Crippen LogP contribution in [0.15, 0.2) is 48.5 Å². The van der Waals surface area contributed by atoms with Gasteiger partial charge in [-0.3, -0.25) is 4.79 Å². The average molecular weight is 282 g/mol. The van der Waals surface area contributed by atoms with Gasteiger partial charge in [-0.2, -0.15) is 0 Å². The molecule has 1 amide bonds. The highest BCUT2D eigenvalue weighted by atomic mass is 16.5. The van der Waals surface area contributed by atoms with Crippen molar-refractivity contribution in [1.29, 1.82) is 0 Å². The highest BCUT2D eigenvalue weighted by Gasteiger charge is 2.25. The number of nitrogens with zero attached hydrogens (tertiary/aromatic N) is 1. The summed E-state index contributed by atoms with van der Waals surface area (Å²) in [5.41, 5.74) is 8.19. The Morgan fingerprint density at radius 3 is 2.76 bits per heavy atom. The smallest absolute Gasteiger partial charge is 0.258 e. The van der Waals surface area contributed by atoms with E-state index < -0.39 is 0 Å². The Hall–Kier alpha value is -2.33. The van der Waals surface area contributed by atoms with E-state index in [0.29, 0.717) is 26.1 Å². The predicted molar refractivity (Wildman–Crippen MR) is 82.8 cm³/mol. The first-order chi connectivity index (χ1) is 10.3. The molecule has 0 aromatic heterocycles. The molecule has 0 saturated heterocycles. The molecule has 108 valence electrons. The van der Waals surface area contributed by atoms with Crippen molar-refractivity contribution in [1.82, 2.24) is 0 Å². The number of rotatable bonds is 3. The third kappa shape index (κ3) is 2.62. The van der Waals surface area contributed by atoms with E-state index in [4.69, 9.17) is 10.5 Å². The van der Waals surface area contributed by atoms with Gasteiger partial charge >= 0.3 is 0 Å². The van der Waals surface area contributed by atoms with Crippen LogP contribution in [-0.2, 0) is 6.42 Å². The molecule has 4 heteroatoms. The first kappa shape index (κ1) is 13.6. The summed E-state index contributed by atoms with van der Waals surface area (Å²) < 4.78 is 5.60. The quantitative estimate of drug-likeness (QED) is 0.939. The van der Waals surface area contributed by atoms with E-state index in [0.717, 1.165) is 22.6 Å². The predicted octanol–water partition coefficient (Wildman–Crippen LogP) is 2.23. The summed E-state index contributed by atoms with van der Waals surface area (Å²) >= 11 is 0. The first-order valence-electron chi connectivity index (χ1n) is 7.13. The lowest BCUT2D eigenvalue weighted by Crippen LogP contribution is -2.38. The van der Waals surface area contributed by atoms with E-state index in [1.807, 2.05) is 48.5 Å². The summed E-state index contributed by atoms with van der Waals surface area (Å²) in [4.78, 5) is 14.7. The van der Waals surface area contributed by atoms with E-state index in [9.17, 15) is 4.79 Å². The third-order valence-corrected chi connectivity index (χ3v) is 3.64. The fourth-order valence-electron chi connectivity index (χ4n) is 2.63. The van der Waals surface area contributed by atoms with Gasteiger partial charge in [0.25, 0.3) is 5.91 Å². The Morgan fingerprint density at radius 1 is 1.14 bits per heavy atom. The largest absolute Gasteiger partial charge is 0.490 e. The van der Waals surface area contributed by atoms with Crippen molar-refractivity contribution in [2.24, 2.45) is 5.73 Å². The zero-order valence-electron chi connectivity index (χ0n) is 11.8. The first-order valence-corrected chi connectivity index (χ1v) is 7.13. The molecule has 21 heavy (non-hydrogen) atoms. The number of ether oxygens (including phenoxy) is 1. The zero-order chi connectivity index (χ0) is 14.7. The molecule has 1 aliphatic rings. The molecular formula is C17H18N2O2. The van der Waals surface area contributed by atoms with E-state index >= 15 is 0 Å². The van der Waals surface area contributed by atoms with Gasteiger partial charge in [-0.15, -0.1) is 0 Å². The summed E-state index contributed by atoms with van der Waals surface area (Å²) in [6.45, 7) is 1.61. The Balaban J connectivity index is 1.97. The SMILES string of the molecule is NCCc1ccccc1C(=O)N1CCOc2ccccc21. The summed E-state index contributed by atoms with van der Waals surface area (Å²) in [5.74, 6) is 0.767. The number of benzene rings is 2. The number of nitrogens with two attached hydrogens (primary N) is 1. The van der Waals surface area contributed by atoms with Crippen LogP contribution in [0.5, 0.6) is 5.75 Å². The van der Waals surface area contributed by atoms with Crippen LogP contribution in [0.25, 0.3) is 0 Å². The van der Waals surface area contributed by atoms with Crippen LogP contribution in [0.2, 0.25) is 0 Å². The molecule has 0 spiro atoms. The summed E-state index contributed by atoms with van der Waals surface area (Å²) in [6, 6.07) is 15.3. The van der Waals surface area contributed by atoms with Crippen molar-refractivity contribution in [2.45, 2.75) is 6.42 Å². The van der Waals surface area contributed by atoms with E-state index in [1.165, 1.54) is 0 Å². The number of amides is 1. The van der Waals surface area contributed by atoms with Gasteiger partial charge in [0.15, 0.2) is 0 Å². The van der Waals surface area contributed by atoms with Gasteiger partial charge in [0.1, 0.15) is 12.4 Å². The monoisotopic (exact) mass is 282 g/mol. The van der Waals surface area contributed by atoms with Gasteiger partial charge in [0.05, 0.1) is 12.2 Å². The molecule has 0 fully saturated rings. The Labute approximate surface area is 124 Å². The van der Waals surface area contributed by atoms with E-state index in [2.05, 4.69) is 0 Å². The molecule has 0 radical (unpaired) electrons. The zero-order valence-corrected chi connectivity index (χ0v) is 11.8. The highest BCUT2D eigenvalue weighted by molar-refractivity contribution is 6.08. The maximum absolute atomic E-state index is 12.9. The number of para-hydroxylation sites is 2. The van der Waals surface area contributed by atoms with Gasteiger partial charge in [0, 0.05) is 5.56 Å². The number of hydrogen-bond donors (Lipinski definition) is 1. The Morgan fingerprint density at radius 2 is 1.90 bits per heavy atom. The number of carbonyl (C=O) groups is 1. The molecule has 0 unspecified atom stereocenters. The molecule has 2 N–H and O–H groups in total. The number of carbonyl (C=O) groups excluding carboxylic acids is 1. The van der Waals surface area contributed by atoms with Crippen molar-refractivity contribution in [3.63, 3.8) is 0 Å². The topological polar surface area (TPSA) is 55.6 Å². The highest BCUT2D eigenvalue weighted by Crippen LogP contribution is 2.32. The van der Waals surface area contributed by atoms with Gasteiger partial charge in [-0.25, -0.2) is 0 Å². The van der Waals surface area contributed by atoms with Crippen LogP contribution in [-0.4, -0.2) is 25.6 Å². The normalized spacial score (nSPS) is 13.5. The minimum atomic E-state index is 0.00907. The summed E-state index contributed by atoms with van der Waals surface area (Å²) in [5, 5.41) is 0. The minimum absolute atomic E-state index is 0.00907. The molecule has 0 atom stereocenters. The molecule has 2 aromatic carbocycles. The molecule has 3 rings (SSSR count). The maximum Gasteiger partial charge on any atom is 0.258 e. The van der Waals surface area contributed by atoms with Crippen LogP contribution in [0.4, 0.5) is 5.69 Å². The Bertz CT molecular complexity index is 655. The molecule has 0 saturated carbocycles. The molecule has 4 nitrogen and oxygen atoms in total. The minimum Gasteiger partial charge on any atom is -0.490 e. The van der Waals surface area contributed by atoms with Crippen molar-refractivity contribution in [3.8, 4) is 5.75 Å². The Kier molecular flexibility index (Phi) is 3.88. The molecule has 0 bridgehead atoms. The number of anilines is 1. The standard InChI is InChI=1S/C17H18N2O2/c18-10-9-13-5-1-2-6-14(13)17(20)19-11-12-21-16-8-4-3-7-15(16)19/h1-8H,9-12,18H2. The van der Waals surface area contributed by atoms with Crippen molar-refractivity contribution >= 4 is 11.6 Å². The summed E-state index contributed by atoms with van der Waals surface area (Å²) in [6.07, 6.45) is 0.702. The lowest BCUT2D eigenvalue weighted by molar-refractivity contribution is 0.0975. The van der Waals surface area contributed by atoms with Gasteiger partial charge in [-0.1, -0.05) is 30.3 Å². The molecule has 0 aliphatic carbocycles. The fourth-order valence-corrected chi connectivity index (χ4v) is 2.63. The van der Waals surface area contributed by atoms with Crippen LogP contribution in [0.3, 0.4) is 0 Å². The van der Waals surface area contributed by atoms with Crippen LogP contribution in [0.1, 0.15) is 15.9 Å². The second-order valence-electron chi connectivity index (χ2n) is 4.97. The average Bonchev–Trinajstić information content (AvgIpc) is 2.54. The second-order valence-corrected chi connectivity index (χ2v) is 4.97. The summed E-state index contributed by atoms with van der Waals surface area (Å²) in [7, 11) is 0. The number of hydrogen-bond acceptors (Lipinski definition) is 3. The van der Waals surface area contributed by atoms with Gasteiger partial charge in [-0.05, 0) is 36.7 Å². The van der Waals surface area contributed by atoms with Gasteiger partial charge < -0.3 is 15.4 Å². The van der Waals surface area contributed by atoms with Crippen molar-refractivity contribution < 1.29 is 9.53 Å². The molecular weight excluding hydrogens is 264 g/mol. The lowest BCUT2D eigenvalue weighted by Gasteiger charge is -2.30. The molecule has 1 aliphatic heterocycles. The molecule has 2 aromatic rings. The lowest BCUT2D eigenvalue weighted by atomic mass is 10.0. The van der Waals surface area contributed by atoms with E-state index in [-0.39, 0.29) is 5.91 Å². The van der Waals surface area contributed by atoms with Crippen LogP contribution >= 0.6 is 0 Å². The number of fused-ring (bicyclic) bond motifs is 1. The fraction of sp³-hybridized carbons (Fsp3) is 0.235. The van der Waals surface area contributed by atoms with Crippen LogP contribution < -0.4 is 15.4 Å². The van der Waals surface area contributed by atoms with E-state index in [1.54, 1.807) is 4.90 Å². The second kappa shape index (κ2) is 5.97. The maximum atomic E-state index is 12.9.